The Bertz CT molecular complexity index is 1120. The van der Waals surface area contributed by atoms with Crippen LogP contribution >= 0.6 is 0 Å². The summed E-state index contributed by atoms with van der Waals surface area (Å²) in [7, 11) is 0. The number of nitrogens with zero attached hydrogens (tertiary/aromatic N) is 5. The predicted molar refractivity (Wildman–Crippen MR) is 119 cm³/mol. The summed E-state index contributed by atoms with van der Waals surface area (Å²) in [4.78, 5) is 17.1. The van der Waals surface area contributed by atoms with Gasteiger partial charge in [-0.05, 0) is 31.4 Å². The summed E-state index contributed by atoms with van der Waals surface area (Å²) in [6.07, 6.45) is 4.38. The summed E-state index contributed by atoms with van der Waals surface area (Å²) in [6.45, 7) is -1.64. The van der Waals surface area contributed by atoms with Crippen LogP contribution in [0.4, 0.5) is 29.3 Å². The van der Waals surface area contributed by atoms with Gasteiger partial charge < -0.3 is 20.1 Å². The summed E-state index contributed by atoms with van der Waals surface area (Å²) in [5.41, 5.74) is 7.24. The van der Waals surface area contributed by atoms with Crippen molar-refractivity contribution < 1.29 is 27.0 Å². The molecule has 2 unspecified atom stereocenters. The molecule has 6 rings (SSSR count). The number of nitrogens with two attached hydrogens (primary N) is 1. The van der Waals surface area contributed by atoms with Crippen molar-refractivity contribution in [1.29, 1.82) is 0 Å². The van der Waals surface area contributed by atoms with Gasteiger partial charge in [0.2, 0.25) is 5.95 Å². The van der Waals surface area contributed by atoms with Gasteiger partial charge in [-0.2, -0.15) is 8.78 Å². The molecule has 2 aromatic heterocycles. The van der Waals surface area contributed by atoms with E-state index in [0.717, 1.165) is 38.1 Å². The Morgan fingerprint density at radius 1 is 1.14 bits per heavy atom. The summed E-state index contributed by atoms with van der Waals surface area (Å²) >= 11 is 0. The fraction of sp³-hybridized carbons (Fsp3) is 0.609. The van der Waals surface area contributed by atoms with Gasteiger partial charge in [0.1, 0.15) is 0 Å². The van der Waals surface area contributed by atoms with Crippen molar-refractivity contribution >= 4 is 11.8 Å². The van der Waals surface area contributed by atoms with E-state index in [4.69, 9.17) is 10.5 Å². The van der Waals surface area contributed by atoms with E-state index in [1.54, 1.807) is 6.07 Å². The molecular formula is C23H26F4N6O2. The van der Waals surface area contributed by atoms with E-state index in [-0.39, 0.29) is 36.4 Å². The zero-order valence-electron chi connectivity index (χ0n) is 18.9. The number of alkyl halides is 4. The Morgan fingerprint density at radius 3 is 2.63 bits per heavy atom. The summed E-state index contributed by atoms with van der Waals surface area (Å²) < 4.78 is 63.7. The fourth-order valence-corrected chi connectivity index (χ4v) is 5.62. The first-order valence-corrected chi connectivity index (χ1v) is 11.8. The van der Waals surface area contributed by atoms with E-state index >= 15 is 0 Å². The Labute approximate surface area is 199 Å². The van der Waals surface area contributed by atoms with Crippen LogP contribution in [0.5, 0.6) is 5.75 Å². The van der Waals surface area contributed by atoms with Gasteiger partial charge in [-0.3, -0.25) is 4.90 Å². The molecule has 2 atom stereocenters. The molecule has 5 heterocycles. The molecule has 2 bridgehead atoms. The van der Waals surface area contributed by atoms with Crippen molar-refractivity contribution in [2.24, 2.45) is 0 Å². The van der Waals surface area contributed by atoms with E-state index in [1.807, 2.05) is 0 Å². The quantitative estimate of drug-likeness (QED) is 0.612. The zero-order valence-corrected chi connectivity index (χ0v) is 18.9. The second kappa shape index (κ2) is 8.44. The number of likely N-dealkylation sites (tertiary alicyclic amines) is 1. The molecule has 1 saturated carbocycles. The first kappa shape index (κ1) is 22.7. The SMILES string of the molecule is Nc1ncc(-c2cc(C3CC(N4CC5CC4CO5)C3)nc(N3CCC(F)(F)C3)n2)cc1OC(F)F. The molecule has 1 aliphatic carbocycles. The average molecular weight is 494 g/mol. The minimum atomic E-state index is -3.06. The second-order valence-electron chi connectivity index (χ2n) is 9.86. The third-order valence-corrected chi connectivity index (χ3v) is 7.52. The number of ether oxygens (including phenoxy) is 2. The van der Waals surface area contributed by atoms with Crippen LogP contribution in [0.3, 0.4) is 0 Å². The lowest BCUT2D eigenvalue weighted by Gasteiger charge is -2.44. The standard InChI is InChI=1S/C23H26F4N6O2/c24-21(25)35-19-5-13(8-29-20(19)28)18-7-17(30-22(31-18)32-2-1-23(26,27)11-32)12-3-14(4-12)33-9-16-6-15(33)10-34-16/h5,7-8,12,14-16,21H,1-4,6,9-11H2,(H2,28,29). The maximum absolute atomic E-state index is 13.9. The molecule has 8 nitrogen and oxygen atoms in total. The highest BCUT2D eigenvalue weighted by Crippen LogP contribution is 2.44. The van der Waals surface area contributed by atoms with Gasteiger partial charge in [0, 0.05) is 55.0 Å². The largest absolute Gasteiger partial charge is 0.431 e. The van der Waals surface area contributed by atoms with Crippen LogP contribution in [0.25, 0.3) is 11.3 Å². The molecular weight excluding hydrogens is 468 g/mol. The number of hydrogen-bond donors (Lipinski definition) is 1. The molecule has 4 aliphatic rings. The van der Waals surface area contributed by atoms with E-state index < -0.39 is 19.1 Å². The van der Waals surface area contributed by atoms with Crippen LogP contribution in [-0.2, 0) is 4.74 Å². The molecule has 0 radical (unpaired) electrons. The molecule has 0 spiro atoms. The lowest BCUT2D eigenvalue weighted by Crippen LogP contribution is -2.49. The number of morpholine rings is 1. The van der Waals surface area contributed by atoms with Crippen molar-refractivity contribution in [2.75, 3.05) is 36.9 Å². The Hall–Kier alpha value is -2.73. The zero-order chi connectivity index (χ0) is 24.3. The average Bonchev–Trinajstić information content (AvgIpc) is 3.49. The molecule has 0 aromatic carbocycles. The lowest BCUT2D eigenvalue weighted by atomic mass is 9.76. The van der Waals surface area contributed by atoms with Gasteiger partial charge in [-0.15, -0.1) is 0 Å². The van der Waals surface area contributed by atoms with Crippen molar-refractivity contribution in [3.05, 3.63) is 24.0 Å². The Balaban J connectivity index is 1.29. The van der Waals surface area contributed by atoms with Crippen LogP contribution in [0.2, 0.25) is 0 Å². The number of rotatable bonds is 6. The van der Waals surface area contributed by atoms with Crippen molar-refractivity contribution in [3.63, 3.8) is 0 Å². The maximum atomic E-state index is 13.9. The molecule has 2 N–H and O–H groups in total. The molecule has 3 saturated heterocycles. The van der Waals surface area contributed by atoms with Gasteiger partial charge >= 0.3 is 6.61 Å². The van der Waals surface area contributed by atoms with Gasteiger partial charge in [-0.25, -0.2) is 23.7 Å². The number of anilines is 2. The number of nitrogen functional groups attached to an aromatic ring is 1. The van der Waals surface area contributed by atoms with Crippen molar-refractivity contribution in [1.82, 2.24) is 19.9 Å². The Morgan fingerprint density at radius 2 is 1.97 bits per heavy atom. The van der Waals surface area contributed by atoms with Gasteiger partial charge in [-0.1, -0.05) is 0 Å². The normalized spacial score (nSPS) is 29.7. The summed E-state index contributed by atoms with van der Waals surface area (Å²) in [5.74, 6) is -2.88. The first-order valence-electron chi connectivity index (χ1n) is 11.8. The lowest BCUT2D eigenvalue weighted by molar-refractivity contribution is -0.0494. The topological polar surface area (TPSA) is 89.6 Å². The minimum Gasteiger partial charge on any atom is -0.431 e. The smallest absolute Gasteiger partial charge is 0.387 e. The summed E-state index contributed by atoms with van der Waals surface area (Å²) in [6, 6.07) is 4.05. The first-order chi connectivity index (χ1) is 16.7. The Kier molecular flexibility index (Phi) is 5.48. The third kappa shape index (κ3) is 4.37. The molecule has 35 heavy (non-hydrogen) atoms. The van der Waals surface area contributed by atoms with E-state index in [1.165, 1.54) is 17.2 Å². The highest BCUT2D eigenvalue weighted by Gasteiger charge is 2.47. The van der Waals surface area contributed by atoms with Crippen LogP contribution in [0.1, 0.15) is 37.3 Å². The van der Waals surface area contributed by atoms with E-state index in [2.05, 4.69) is 24.6 Å². The van der Waals surface area contributed by atoms with Gasteiger partial charge in [0.05, 0.1) is 24.9 Å². The number of fused-ring (bicyclic) bond motifs is 2. The molecule has 3 aliphatic heterocycles. The molecule has 0 amide bonds. The number of hydrogen-bond acceptors (Lipinski definition) is 8. The van der Waals surface area contributed by atoms with E-state index in [0.29, 0.717) is 29.4 Å². The third-order valence-electron chi connectivity index (χ3n) is 7.52. The van der Waals surface area contributed by atoms with Crippen LogP contribution in [0, 0.1) is 0 Å². The van der Waals surface area contributed by atoms with Crippen LogP contribution in [0.15, 0.2) is 18.3 Å². The number of halogens is 4. The van der Waals surface area contributed by atoms with Crippen LogP contribution in [-0.4, -0.2) is 76.8 Å². The van der Waals surface area contributed by atoms with Crippen molar-refractivity contribution in [2.45, 2.75) is 62.3 Å². The highest BCUT2D eigenvalue weighted by atomic mass is 19.3. The van der Waals surface area contributed by atoms with Crippen molar-refractivity contribution in [3.8, 4) is 17.0 Å². The molecule has 2 aromatic rings. The molecule has 4 fully saturated rings. The fourth-order valence-electron chi connectivity index (χ4n) is 5.62. The predicted octanol–water partition coefficient (Wildman–Crippen LogP) is 3.29. The number of aromatic nitrogens is 3. The molecule has 12 heteroatoms. The summed E-state index contributed by atoms with van der Waals surface area (Å²) in [5, 5.41) is 0. The van der Waals surface area contributed by atoms with Crippen LogP contribution < -0.4 is 15.4 Å². The minimum absolute atomic E-state index is 0.139. The highest BCUT2D eigenvalue weighted by molar-refractivity contribution is 5.65. The van der Waals surface area contributed by atoms with E-state index in [9.17, 15) is 17.6 Å². The second-order valence-corrected chi connectivity index (χ2v) is 9.86. The number of pyridine rings is 1. The monoisotopic (exact) mass is 494 g/mol. The maximum Gasteiger partial charge on any atom is 0.387 e. The molecule has 188 valence electrons. The van der Waals surface area contributed by atoms with Gasteiger partial charge in [0.15, 0.2) is 11.6 Å². The van der Waals surface area contributed by atoms with Gasteiger partial charge in [0.25, 0.3) is 5.92 Å².